The first-order valence-corrected chi connectivity index (χ1v) is 6.94. The Morgan fingerprint density at radius 2 is 1.70 bits per heavy atom. The normalized spacial score (nSPS) is 10.9. The molecule has 1 heterocycles. The number of hydrogen-bond donors (Lipinski definition) is 1. The van der Waals surface area contributed by atoms with Gasteiger partial charge in [0.25, 0.3) is 0 Å². The summed E-state index contributed by atoms with van der Waals surface area (Å²) in [5, 5.41) is 10.1. The summed E-state index contributed by atoms with van der Waals surface area (Å²) in [5.41, 5.74) is 3.40. The first-order valence-electron chi connectivity index (χ1n) is 6.15. The minimum absolute atomic E-state index is 0.299. The van der Waals surface area contributed by atoms with Crippen molar-refractivity contribution < 1.29 is 9.90 Å². The second-order valence-electron chi connectivity index (χ2n) is 4.67. The number of fused-ring (bicyclic) bond motifs is 1. The standard InChI is InChI=1S/C16H12BrNO2/c1-18-14-7-4-11(10-2-5-13(17)6-3-10)8-12(14)9-15(18)16(19)20/h2-9H,1H3,(H,19,20). The predicted octanol–water partition coefficient (Wildman–Crippen LogP) is 4.31. The summed E-state index contributed by atoms with van der Waals surface area (Å²) in [5.74, 6) is -0.908. The van der Waals surface area contributed by atoms with Crippen molar-refractivity contribution in [3.8, 4) is 11.1 Å². The second-order valence-corrected chi connectivity index (χ2v) is 5.59. The van der Waals surface area contributed by atoms with Crippen LogP contribution in [0.15, 0.2) is 53.0 Å². The predicted molar refractivity (Wildman–Crippen MR) is 83.0 cm³/mol. The monoisotopic (exact) mass is 329 g/mol. The van der Waals surface area contributed by atoms with Gasteiger partial charge in [-0.15, -0.1) is 0 Å². The molecule has 0 aliphatic carbocycles. The summed E-state index contributed by atoms with van der Waals surface area (Å²) in [6, 6.07) is 15.8. The third-order valence-electron chi connectivity index (χ3n) is 3.44. The van der Waals surface area contributed by atoms with E-state index in [0.29, 0.717) is 5.69 Å². The van der Waals surface area contributed by atoms with Gasteiger partial charge in [-0.05, 0) is 41.5 Å². The number of carboxylic acid groups (broad SMARTS) is 1. The highest BCUT2D eigenvalue weighted by atomic mass is 79.9. The fourth-order valence-electron chi connectivity index (χ4n) is 2.38. The lowest BCUT2D eigenvalue weighted by atomic mass is 10.0. The lowest BCUT2D eigenvalue weighted by Crippen LogP contribution is -2.03. The molecule has 1 aromatic heterocycles. The van der Waals surface area contributed by atoms with Crippen LogP contribution in [0.1, 0.15) is 10.5 Å². The Bertz CT molecular complexity index is 803. The number of nitrogens with zero attached hydrogens (tertiary/aromatic N) is 1. The zero-order valence-corrected chi connectivity index (χ0v) is 12.4. The van der Waals surface area contributed by atoms with Crippen molar-refractivity contribution in [3.05, 3.63) is 58.7 Å². The number of halogens is 1. The molecule has 0 spiro atoms. The zero-order chi connectivity index (χ0) is 14.3. The Balaban J connectivity index is 2.15. The van der Waals surface area contributed by atoms with Crippen molar-refractivity contribution in [3.63, 3.8) is 0 Å². The molecule has 0 bridgehead atoms. The number of aryl methyl sites for hydroxylation is 1. The smallest absolute Gasteiger partial charge is 0.352 e. The van der Waals surface area contributed by atoms with E-state index < -0.39 is 5.97 Å². The fourth-order valence-corrected chi connectivity index (χ4v) is 2.64. The molecule has 0 aliphatic rings. The van der Waals surface area contributed by atoms with Crippen LogP contribution in [-0.4, -0.2) is 15.6 Å². The van der Waals surface area contributed by atoms with Crippen LogP contribution in [0.3, 0.4) is 0 Å². The molecule has 0 saturated heterocycles. The first-order chi connectivity index (χ1) is 9.56. The SMILES string of the molecule is Cn1c(C(=O)O)cc2cc(-c3ccc(Br)cc3)ccc21. The van der Waals surface area contributed by atoms with E-state index in [4.69, 9.17) is 5.11 Å². The third kappa shape index (κ3) is 2.12. The van der Waals surface area contributed by atoms with E-state index in [0.717, 1.165) is 26.5 Å². The molecule has 20 heavy (non-hydrogen) atoms. The molecule has 4 heteroatoms. The average molecular weight is 330 g/mol. The van der Waals surface area contributed by atoms with Gasteiger partial charge in [-0.2, -0.15) is 0 Å². The van der Waals surface area contributed by atoms with Gasteiger partial charge in [0, 0.05) is 22.4 Å². The van der Waals surface area contributed by atoms with Crippen LogP contribution in [0.4, 0.5) is 0 Å². The minimum atomic E-state index is -0.908. The van der Waals surface area contributed by atoms with Gasteiger partial charge in [0.15, 0.2) is 0 Å². The second kappa shape index (κ2) is 4.80. The van der Waals surface area contributed by atoms with Gasteiger partial charge in [-0.1, -0.05) is 34.1 Å². The maximum Gasteiger partial charge on any atom is 0.352 e. The van der Waals surface area contributed by atoms with Crippen molar-refractivity contribution in [1.82, 2.24) is 4.57 Å². The van der Waals surface area contributed by atoms with Gasteiger partial charge in [0.2, 0.25) is 0 Å². The molecule has 0 saturated carbocycles. The summed E-state index contributed by atoms with van der Waals surface area (Å²) < 4.78 is 2.73. The van der Waals surface area contributed by atoms with Gasteiger partial charge in [-0.25, -0.2) is 4.79 Å². The number of rotatable bonds is 2. The number of carbonyl (C=O) groups is 1. The van der Waals surface area contributed by atoms with E-state index in [1.807, 2.05) is 42.5 Å². The molecule has 1 N–H and O–H groups in total. The maximum atomic E-state index is 11.2. The Labute approximate surface area is 124 Å². The molecule has 2 aromatic carbocycles. The van der Waals surface area contributed by atoms with Crippen LogP contribution in [0.5, 0.6) is 0 Å². The van der Waals surface area contributed by atoms with Crippen molar-refractivity contribution in [2.45, 2.75) is 0 Å². The van der Waals surface area contributed by atoms with Gasteiger partial charge in [-0.3, -0.25) is 0 Å². The van der Waals surface area contributed by atoms with Gasteiger partial charge >= 0.3 is 5.97 Å². The van der Waals surface area contributed by atoms with Crippen molar-refractivity contribution in [2.75, 3.05) is 0 Å². The summed E-state index contributed by atoms with van der Waals surface area (Å²) >= 11 is 3.42. The molecule has 3 aromatic rings. The summed E-state index contributed by atoms with van der Waals surface area (Å²) in [6.45, 7) is 0. The molecule has 0 fully saturated rings. The molecule has 0 amide bonds. The minimum Gasteiger partial charge on any atom is -0.477 e. The molecule has 100 valence electrons. The van der Waals surface area contributed by atoms with E-state index in [-0.39, 0.29) is 0 Å². The van der Waals surface area contributed by atoms with E-state index >= 15 is 0 Å². The lowest BCUT2D eigenvalue weighted by Gasteiger charge is -2.03. The van der Waals surface area contributed by atoms with Crippen molar-refractivity contribution >= 4 is 32.8 Å². The van der Waals surface area contributed by atoms with Gasteiger partial charge in [0.05, 0.1) is 0 Å². The third-order valence-corrected chi connectivity index (χ3v) is 3.97. The molecular formula is C16H12BrNO2. The summed E-state index contributed by atoms with van der Waals surface area (Å²) in [6.07, 6.45) is 0. The Hall–Kier alpha value is -2.07. The van der Waals surface area contributed by atoms with Gasteiger partial charge in [0.1, 0.15) is 5.69 Å². The van der Waals surface area contributed by atoms with Crippen LogP contribution in [0.25, 0.3) is 22.0 Å². The highest BCUT2D eigenvalue weighted by Gasteiger charge is 2.12. The number of carboxylic acids is 1. The van der Waals surface area contributed by atoms with Crippen LogP contribution in [0, 0.1) is 0 Å². The largest absolute Gasteiger partial charge is 0.477 e. The number of hydrogen-bond acceptors (Lipinski definition) is 1. The quantitative estimate of drug-likeness (QED) is 0.761. The molecule has 0 unspecified atom stereocenters. The van der Waals surface area contributed by atoms with Crippen LogP contribution in [-0.2, 0) is 7.05 Å². The van der Waals surface area contributed by atoms with Crippen LogP contribution < -0.4 is 0 Å². The molecular weight excluding hydrogens is 318 g/mol. The highest BCUT2D eigenvalue weighted by molar-refractivity contribution is 9.10. The van der Waals surface area contributed by atoms with Crippen molar-refractivity contribution in [2.24, 2.45) is 7.05 Å². The molecule has 0 atom stereocenters. The molecule has 0 aliphatic heterocycles. The zero-order valence-electron chi connectivity index (χ0n) is 10.8. The first kappa shape index (κ1) is 12.9. The maximum absolute atomic E-state index is 11.2. The van der Waals surface area contributed by atoms with E-state index in [9.17, 15) is 4.79 Å². The fraction of sp³-hybridized carbons (Fsp3) is 0.0625. The Morgan fingerprint density at radius 3 is 2.35 bits per heavy atom. The van der Waals surface area contributed by atoms with Gasteiger partial charge < -0.3 is 9.67 Å². The molecule has 3 nitrogen and oxygen atoms in total. The lowest BCUT2D eigenvalue weighted by molar-refractivity contribution is 0.0687. The number of benzene rings is 2. The van der Waals surface area contributed by atoms with Crippen molar-refractivity contribution in [1.29, 1.82) is 0 Å². The van der Waals surface area contributed by atoms with Crippen LogP contribution in [0.2, 0.25) is 0 Å². The Kier molecular flexibility index (Phi) is 3.10. The number of aromatic nitrogens is 1. The Morgan fingerprint density at radius 1 is 1.05 bits per heavy atom. The topological polar surface area (TPSA) is 42.2 Å². The van der Waals surface area contributed by atoms with Crippen LogP contribution >= 0.6 is 15.9 Å². The summed E-state index contributed by atoms with van der Waals surface area (Å²) in [4.78, 5) is 11.2. The number of aromatic carboxylic acids is 1. The molecule has 3 rings (SSSR count). The van der Waals surface area contributed by atoms with E-state index in [1.54, 1.807) is 17.7 Å². The molecule has 0 radical (unpaired) electrons. The highest BCUT2D eigenvalue weighted by Crippen LogP contribution is 2.27. The van der Waals surface area contributed by atoms with E-state index in [1.165, 1.54) is 0 Å². The van der Waals surface area contributed by atoms with E-state index in [2.05, 4.69) is 15.9 Å². The average Bonchev–Trinajstić information content (AvgIpc) is 2.77. The summed E-state index contributed by atoms with van der Waals surface area (Å²) in [7, 11) is 1.77.